The molecule has 20 heavy (non-hydrogen) atoms. The summed E-state index contributed by atoms with van der Waals surface area (Å²) in [6.45, 7) is 6.26. The van der Waals surface area contributed by atoms with Crippen molar-refractivity contribution in [3.63, 3.8) is 0 Å². The van der Waals surface area contributed by atoms with Crippen LogP contribution in [0.2, 0.25) is 0 Å². The second-order valence-electron chi connectivity index (χ2n) is 6.25. The van der Waals surface area contributed by atoms with Gasteiger partial charge in [-0.3, -0.25) is 4.79 Å². The van der Waals surface area contributed by atoms with Gasteiger partial charge in [0, 0.05) is 5.56 Å². The smallest absolute Gasteiger partial charge is 0.327 e. The van der Waals surface area contributed by atoms with Gasteiger partial charge in [-0.1, -0.05) is 69.3 Å². The minimum atomic E-state index is -0.745. The van der Waals surface area contributed by atoms with Crippen molar-refractivity contribution in [2.45, 2.75) is 26.2 Å². The molecule has 0 fully saturated rings. The average molecular weight is 266 g/mol. The molecule has 1 atom stereocenters. The summed E-state index contributed by atoms with van der Waals surface area (Å²) in [7, 11) is 0. The number of fused-ring (bicyclic) bond motifs is 1. The first-order chi connectivity index (χ1) is 9.48. The van der Waals surface area contributed by atoms with Crippen LogP contribution in [0.4, 0.5) is 0 Å². The highest BCUT2D eigenvalue weighted by Gasteiger charge is 2.57. The minimum absolute atomic E-state index is 0.183. The van der Waals surface area contributed by atoms with E-state index in [2.05, 4.69) is 20.8 Å². The normalized spacial score (nSPS) is 21.4. The quantitative estimate of drug-likeness (QED) is 0.577. The summed E-state index contributed by atoms with van der Waals surface area (Å²) in [6.07, 6.45) is 0. The number of hydrogen-bond donors (Lipinski definition) is 0. The molecule has 0 aliphatic carbocycles. The molecule has 0 spiro atoms. The number of hydrogen-bond acceptors (Lipinski definition) is 2. The first-order valence-electron chi connectivity index (χ1n) is 6.85. The third-order valence-electron chi connectivity index (χ3n) is 4.13. The lowest BCUT2D eigenvalue weighted by Crippen LogP contribution is -2.46. The van der Waals surface area contributed by atoms with Crippen LogP contribution in [0.15, 0.2) is 54.6 Å². The van der Waals surface area contributed by atoms with Gasteiger partial charge in [-0.05, 0) is 17.0 Å². The lowest BCUT2D eigenvalue weighted by atomic mass is 9.60. The highest BCUT2D eigenvalue weighted by molar-refractivity contribution is 5.95. The molecule has 0 saturated heterocycles. The average Bonchev–Trinajstić information content (AvgIpc) is 2.72. The molecule has 2 aromatic carbocycles. The van der Waals surface area contributed by atoms with E-state index in [1.807, 2.05) is 54.6 Å². The Morgan fingerprint density at radius 2 is 1.50 bits per heavy atom. The molecule has 0 aromatic heterocycles. The molecule has 3 rings (SSSR count). The molecule has 0 saturated carbocycles. The van der Waals surface area contributed by atoms with E-state index in [-0.39, 0.29) is 11.4 Å². The lowest BCUT2D eigenvalue weighted by molar-refractivity contribution is -0.140. The Bertz CT molecular complexity index is 653. The number of carbonyl (C=O) groups is 1. The number of rotatable bonds is 1. The van der Waals surface area contributed by atoms with E-state index in [0.29, 0.717) is 5.75 Å². The van der Waals surface area contributed by atoms with Crippen molar-refractivity contribution < 1.29 is 9.53 Å². The second-order valence-corrected chi connectivity index (χ2v) is 6.25. The van der Waals surface area contributed by atoms with Crippen LogP contribution < -0.4 is 4.74 Å². The summed E-state index contributed by atoms with van der Waals surface area (Å²) in [4.78, 5) is 12.8. The maximum Gasteiger partial charge on any atom is 0.327 e. The largest absolute Gasteiger partial charge is 0.425 e. The van der Waals surface area contributed by atoms with Crippen LogP contribution in [-0.4, -0.2) is 5.97 Å². The zero-order chi connectivity index (χ0) is 14.4. The van der Waals surface area contributed by atoms with Gasteiger partial charge in [-0.2, -0.15) is 0 Å². The van der Waals surface area contributed by atoms with E-state index in [1.54, 1.807) is 0 Å². The third kappa shape index (κ3) is 1.54. The van der Waals surface area contributed by atoms with Crippen LogP contribution in [0.3, 0.4) is 0 Å². The van der Waals surface area contributed by atoms with Crippen molar-refractivity contribution in [2.24, 2.45) is 5.41 Å². The molecule has 2 aromatic rings. The molecule has 0 radical (unpaired) electrons. The summed E-state index contributed by atoms with van der Waals surface area (Å²) in [5, 5.41) is 0. The van der Waals surface area contributed by atoms with Gasteiger partial charge in [-0.25, -0.2) is 0 Å². The Labute approximate surface area is 119 Å². The van der Waals surface area contributed by atoms with Gasteiger partial charge in [0.15, 0.2) is 0 Å². The van der Waals surface area contributed by atoms with E-state index in [1.165, 1.54) is 0 Å². The van der Waals surface area contributed by atoms with Gasteiger partial charge in [0.2, 0.25) is 0 Å². The van der Waals surface area contributed by atoms with Crippen molar-refractivity contribution in [3.05, 3.63) is 65.7 Å². The molecule has 1 aliphatic heterocycles. The first-order valence-corrected chi connectivity index (χ1v) is 6.85. The van der Waals surface area contributed by atoms with Crippen molar-refractivity contribution >= 4 is 5.97 Å². The fourth-order valence-electron chi connectivity index (χ4n) is 3.26. The minimum Gasteiger partial charge on any atom is -0.425 e. The highest BCUT2D eigenvalue weighted by Crippen LogP contribution is 2.54. The molecule has 1 aliphatic rings. The number of esters is 1. The van der Waals surface area contributed by atoms with Crippen molar-refractivity contribution in [2.75, 3.05) is 0 Å². The van der Waals surface area contributed by atoms with Crippen LogP contribution in [-0.2, 0) is 10.2 Å². The maximum atomic E-state index is 12.8. The van der Waals surface area contributed by atoms with Gasteiger partial charge in [0.25, 0.3) is 0 Å². The molecule has 1 unspecified atom stereocenters. The maximum absolute atomic E-state index is 12.8. The van der Waals surface area contributed by atoms with Gasteiger partial charge >= 0.3 is 5.97 Å². The number of para-hydroxylation sites is 1. The Balaban J connectivity index is 2.37. The van der Waals surface area contributed by atoms with Crippen molar-refractivity contribution in [3.8, 4) is 5.75 Å². The number of benzene rings is 2. The molecule has 102 valence electrons. The molecule has 0 bridgehead atoms. The predicted octanol–water partition coefficient (Wildman–Crippen LogP) is 3.94. The Morgan fingerprint density at radius 3 is 2.15 bits per heavy atom. The van der Waals surface area contributed by atoms with Crippen LogP contribution in [0, 0.1) is 5.41 Å². The number of carbonyl (C=O) groups excluding carboxylic acids is 1. The fraction of sp³-hybridized carbons (Fsp3) is 0.278. The molecule has 2 heteroatoms. The standard InChI is InChI=1S/C18H18O2/c1-17(2,3)18(13-9-5-4-6-10-13)14-11-7-8-12-15(14)20-16(18)19/h4-12H,1-3H3. The summed E-state index contributed by atoms with van der Waals surface area (Å²) in [6, 6.07) is 17.6. The third-order valence-corrected chi connectivity index (χ3v) is 4.13. The zero-order valence-corrected chi connectivity index (χ0v) is 12.0. The van der Waals surface area contributed by atoms with Crippen LogP contribution >= 0.6 is 0 Å². The van der Waals surface area contributed by atoms with Crippen molar-refractivity contribution in [1.82, 2.24) is 0 Å². The Morgan fingerprint density at radius 1 is 0.900 bits per heavy atom. The summed E-state index contributed by atoms with van der Waals surface area (Å²) in [5.74, 6) is 0.494. The molecule has 0 N–H and O–H groups in total. The van der Waals surface area contributed by atoms with E-state index in [4.69, 9.17) is 4.74 Å². The van der Waals surface area contributed by atoms with E-state index >= 15 is 0 Å². The monoisotopic (exact) mass is 266 g/mol. The van der Waals surface area contributed by atoms with Gasteiger partial charge in [-0.15, -0.1) is 0 Å². The molecular formula is C18H18O2. The van der Waals surface area contributed by atoms with E-state index in [9.17, 15) is 4.79 Å². The van der Waals surface area contributed by atoms with Crippen LogP contribution in [0.1, 0.15) is 31.9 Å². The predicted molar refractivity (Wildman–Crippen MR) is 78.8 cm³/mol. The Kier molecular flexibility index (Phi) is 2.72. The van der Waals surface area contributed by atoms with E-state index < -0.39 is 5.41 Å². The summed E-state index contributed by atoms with van der Waals surface area (Å²) >= 11 is 0. The molecule has 2 nitrogen and oxygen atoms in total. The van der Waals surface area contributed by atoms with Gasteiger partial charge < -0.3 is 4.74 Å². The SMILES string of the molecule is CC(C)(C)C1(c2ccccc2)C(=O)Oc2ccccc21. The number of ether oxygens (including phenoxy) is 1. The molecule has 1 heterocycles. The summed E-state index contributed by atoms with van der Waals surface area (Å²) < 4.78 is 5.56. The van der Waals surface area contributed by atoms with Gasteiger partial charge in [0.1, 0.15) is 11.2 Å². The highest BCUT2D eigenvalue weighted by atomic mass is 16.5. The lowest BCUT2D eigenvalue weighted by Gasteiger charge is -2.39. The second kappa shape index (κ2) is 4.20. The summed E-state index contributed by atoms with van der Waals surface area (Å²) in [5.41, 5.74) is 0.925. The zero-order valence-electron chi connectivity index (χ0n) is 12.0. The van der Waals surface area contributed by atoms with E-state index in [0.717, 1.165) is 11.1 Å². The van der Waals surface area contributed by atoms with Crippen molar-refractivity contribution in [1.29, 1.82) is 0 Å². The van der Waals surface area contributed by atoms with Gasteiger partial charge in [0.05, 0.1) is 0 Å². The topological polar surface area (TPSA) is 26.3 Å². The fourth-order valence-corrected chi connectivity index (χ4v) is 3.26. The first kappa shape index (κ1) is 12.9. The van der Waals surface area contributed by atoms with Crippen LogP contribution in [0.25, 0.3) is 0 Å². The molecule has 0 amide bonds. The molecular weight excluding hydrogens is 248 g/mol. The Hall–Kier alpha value is -2.09. The van der Waals surface area contributed by atoms with Crippen LogP contribution in [0.5, 0.6) is 5.75 Å².